The summed E-state index contributed by atoms with van der Waals surface area (Å²) in [5.41, 5.74) is 3.31. The number of amides is 1. The molecule has 0 atom stereocenters. The number of hydrogen-bond donors (Lipinski definition) is 2. The Morgan fingerprint density at radius 2 is 2.03 bits per heavy atom. The van der Waals surface area contributed by atoms with Crippen molar-refractivity contribution in [3.8, 4) is 23.1 Å². The number of hydrogen-bond acceptors (Lipinski definition) is 5. The Morgan fingerprint density at radius 1 is 1.21 bits per heavy atom. The van der Waals surface area contributed by atoms with Gasteiger partial charge in [-0.3, -0.25) is 9.36 Å². The first kappa shape index (κ1) is 21.3. The lowest BCUT2D eigenvalue weighted by atomic mass is 10.0. The van der Waals surface area contributed by atoms with Crippen molar-refractivity contribution in [2.24, 2.45) is 0 Å². The average molecular weight is 457 g/mol. The quantitative estimate of drug-likeness (QED) is 0.407. The van der Waals surface area contributed by atoms with Crippen molar-refractivity contribution in [1.29, 1.82) is 5.26 Å². The molecule has 33 heavy (non-hydrogen) atoms. The second kappa shape index (κ2) is 8.75. The maximum atomic E-state index is 12.7. The largest absolute Gasteiger partial charge is 0.360 e. The molecule has 1 aliphatic rings. The number of carbonyl (C=O) groups excluding carboxylic acids is 1. The summed E-state index contributed by atoms with van der Waals surface area (Å²) < 4.78 is 2.00. The smallest absolute Gasteiger partial charge is 0.231 e. The van der Waals surface area contributed by atoms with Gasteiger partial charge in [0.05, 0.1) is 11.8 Å². The molecule has 0 unspecified atom stereocenters. The van der Waals surface area contributed by atoms with Crippen molar-refractivity contribution < 1.29 is 4.79 Å². The Morgan fingerprint density at radius 3 is 2.82 bits per heavy atom. The van der Waals surface area contributed by atoms with Gasteiger partial charge in [-0.15, -0.1) is 10.2 Å². The van der Waals surface area contributed by atoms with Crippen molar-refractivity contribution in [3.63, 3.8) is 0 Å². The van der Waals surface area contributed by atoms with Crippen LogP contribution in [0.3, 0.4) is 0 Å². The van der Waals surface area contributed by atoms with Crippen LogP contribution >= 0.6 is 11.8 Å². The van der Waals surface area contributed by atoms with E-state index in [9.17, 15) is 10.1 Å². The van der Waals surface area contributed by atoms with E-state index >= 15 is 0 Å². The molecule has 8 heteroatoms. The lowest BCUT2D eigenvalue weighted by molar-refractivity contribution is -0.119. The number of para-hydroxylation sites is 1. The highest BCUT2D eigenvalue weighted by molar-refractivity contribution is 7.99. The van der Waals surface area contributed by atoms with E-state index in [1.165, 1.54) is 11.8 Å². The predicted molar refractivity (Wildman–Crippen MR) is 129 cm³/mol. The number of rotatable bonds is 6. The topological polar surface area (TPSA) is 99.4 Å². The van der Waals surface area contributed by atoms with Gasteiger partial charge in [-0.2, -0.15) is 5.26 Å². The van der Waals surface area contributed by atoms with Gasteiger partial charge in [0.1, 0.15) is 5.54 Å². The van der Waals surface area contributed by atoms with Gasteiger partial charge in [0.2, 0.25) is 5.91 Å². The Kier molecular flexibility index (Phi) is 5.65. The number of aryl methyl sites for hydroxylation is 1. The highest BCUT2D eigenvalue weighted by Crippen LogP contribution is 2.33. The fraction of sp³-hybridized carbons (Fsp3) is 0.280. The molecule has 0 bridgehead atoms. The second-order valence-electron chi connectivity index (χ2n) is 8.47. The number of aromatic amines is 1. The molecule has 2 aromatic carbocycles. The summed E-state index contributed by atoms with van der Waals surface area (Å²) in [6.45, 7) is 2.04. The summed E-state index contributed by atoms with van der Waals surface area (Å²) >= 11 is 1.33. The Hall–Kier alpha value is -3.57. The molecule has 1 aliphatic carbocycles. The molecule has 0 saturated heterocycles. The number of carbonyl (C=O) groups is 1. The summed E-state index contributed by atoms with van der Waals surface area (Å²) in [6, 6.07) is 18.5. The summed E-state index contributed by atoms with van der Waals surface area (Å²) in [7, 11) is 0. The van der Waals surface area contributed by atoms with Crippen LogP contribution in [0.15, 0.2) is 59.9 Å². The number of fused-ring (bicyclic) bond motifs is 1. The van der Waals surface area contributed by atoms with Crippen molar-refractivity contribution in [2.45, 2.75) is 43.3 Å². The van der Waals surface area contributed by atoms with Gasteiger partial charge in [-0.05, 0) is 56.4 Å². The standard InChI is InChI=1S/C25H24N6OS/c1-17-7-6-8-18(13-17)31-23(20-14-27-21-10-3-2-9-19(20)21)29-30-24(31)33-15-22(32)28-25(16-26)11-4-5-12-25/h2-3,6-10,13-14,27H,4-5,11-12,15H2,1H3,(H,28,32). The van der Waals surface area contributed by atoms with Crippen LogP contribution in [-0.2, 0) is 4.79 Å². The van der Waals surface area contributed by atoms with Gasteiger partial charge in [-0.1, -0.05) is 42.1 Å². The van der Waals surface area contributed by atoms with Gasteiger partial charge < -0.3 is 10.3 Å². The molecule has 7 nitrogen and oxygen atoms in total. The Balaban J connectivity index is 1.48. The van der Waals surface area contributed by atoms with E-state index in [0.717, 1.165) is 40.6 Å². The highest BCUT2D eigenvalue weighted by Gasteiger charge is 2.35. The van der Waals surface area contributed by atoms with E-state index in [4.69, 9.17) is 0 Å². The van der Waals surface area contributed by atoms with Gasteiger partial charge in [0.25, 0.3) is 0 Å². The van der Waals surface area contributed by atoms with Gasteiger partial charge in [-0.25, -0.2) is 0 Å². The van der Waals surface area contributed by atoms with Crippen LogP contribution in [0.25, 0.3) is 28.0 Å². The maximum Gasteiger partial charge on any atom is 0.231 e. The van der Waals surface area contributed by atoms with Crippen LogP contribution in [0, 0.1) is 18.3 Å². The summed E-state index contributed by atoms with van der Waals surface area (Å²) in [5, 5.41) is 23.2. The van der Waals surface area contributed by atoms with Crippen LogP contribution in [0.4, 0.5) is 0 Å². The molecule has 2 N–H and O–H groups in total. The molecule has 2 aromatic heterocycles. The molecule has 5 rings (SSSR count). The van der Waals surface area contributed by atoms with Crippen molar-refractivity contribution in [1.82, 2.24) is 25.1 Å². The molecule has 1 fully saturated rings. The summed E-state index contributed by atoms with van der Waals surface area (Å²) in [5.74, 6) is 0.725. The average Bonchev–Trinajstić information content (AvgIpc) is 3.56. The zero-order chi connectivity index (χ0) is 22.8. The third-order valence-electron chi connectivity index (χ3n) is 6.11. The Labute approximate surface area is 196 Å². The van der Waals surface area contributed by atoms with Crippen LogP contribution in [0.1, 0.15) is 31.2 Å². The van der Waals surface area contributed by atoms with Crippen molar-refractivity contribution >= 4 is 28.6 Å². The molecule has 0 radical (unpaired) electrons. The molecule has 2 heterocycles. The predicted octanol–water partition coefficient (Wildman–Crippen LogP) is 4.77. The van der Waals surface area contributed by atoms with E-state index in [0.29, 0.717) is 23.8 Å². The lowest BCUT2D eigenvalue weighted by Gasteiger charge is -2.21. The molecular formula is C25H24N6OS. The fourth-order valence-electron chi connectivity index (χ4n) is 4.47. The van der Waals surface area contributed by atoms with E-state index < -0.39 is 5.54 Å². The van der Waals surface area contributed by atoms with E-state index in [-0.39, 0.29) is 11.7 Å². The molecule has 166 valence electrons. The zero-order valence-corrected chi connectivity index (χ0v) is 19.2. The number of aromatic nitrogens is 4. The SMILES string of the molecule is Cc1cccc(-n2c(SCC(=O)NC3(C#N)CCCC3)nnc2-c2c[nH]c3ccccc23)c1. The van der Waals surface area contributed by atoms with Crippen LogP contribution in [0.5, 0.6) is 0 Å². The van der Waals surface area contributed by atoms with Crippen molar-refractivity contribution in [3.05, 3.63) is 60.3 Å². The molecule has 1 saturated carbocycles. The third-order valence-corrected chi connectivity index (χ3v) is 7.03. The second-order valence-corrected chi connectivity index (χ2v) is 9.41. The summed E-state index contributed by atoms with van der Waals surface area (Å²) in [4.78, 5) is 16.0. The number of benzene rings is 2. The number of nitrogens with one attached hydrogen (secondary N) is 2. The maximum absolute atomic E-state index is 12.7. The molecule has 1 amide bonds. The van der Waals surface area contributed by atoms with E-state index in [1.807, 2.05) is 54.1 Å². The minimum Gasteiger partial charge on any atom is -0.360 e. The third kappa shape index (κ3) is 4.12. The van der Waals surface area contributed by atoms with E-state index in [1.54, 1.807) is 0 Å². The number of H-pyrrole nitrogens is 1. The zero-order valence-electron chi connectivity index (χ0n) is 18.3. The minimum absolute atomic E-state index is 0.157. The van der Waals surface area contributed by atoms with Gasteiger partial charge in [0, 0.05) is 28.4 Å². The monoisotopic (exact) mass is 456 g/mol. The molecular weight excluding hydrogens is 432 g/mol. The van der Waals surface area contributed by atoms with E-state index in [2.05, 4.69) is 38.7 Å². The lowest BCUT2D eigenvalue weighted by Crippen LogP contribution is -2.45. The first-order chi connectivity index (χ1) is 16.1. The highest BCUT2D eigenvalue weighted by atomic mass is 32.2. The first-order valence-electron chi connectivity index (χ1n) is 11.0. The van der Waals surface area contributed by atoms with Gasteiger partial charge >= 0.3 is 0 Å². The first-order valence-corrected chi connectivity index (χ1v) is 12.0. The van der Waals surface area contributed by atoms with Crippen LogP contribution < -0.4 is 5.32 Å². The number of nitriles is 1. The fourth-order valence-corrected chi connectivity index (χ4v) is 5.22. The minimum atomic E-state index is -0.725. The van der Waals surface area contributed by atoms with Gasteiger partial charge in [0.15, 0.2) is 11.0 Å². The number of thioether (sulfide) groups is 1. The normalized spacial score (nSPS) is 14.9. The summed E-state index contributed by atoms with van der Waals surface area (Å²) in [6.07, 6.45) is 5.31. The number of nitrogens with zero attached hydrogens (tertiary/aromatic N) is 4. The molecule has 4 aromatic rings. The van der Waals surface area contributed by atoms with Crippen molar-refractivity contribution in [2.75, 3.05) is 5.75 Å². The molecule has 0 aliphatic heterocycles. The molecule has 0 spiro atoms. The van der Waals surface area contributed by atoms with Crippen LogP contribution in [-0.4, -0.2) is 36.9 Å². The Bertz CT molecular complexity index is 1360. The van der Waals surface area contributed by atoms with Crippen LogP contribution in [0.2, 0.25) is 0 Å².